The Morgan fingerprint density at radius 2 is 1.63 bits per heavy atom. The first-order valence-electron chi connectivity index (χ1n) is 26.6. The van der Waals surface area contributed by atoms with E-state index >= 15 is 4.39 Å². The van der Waals surface area contributed by atoms with Crippen molar-refractivity contribution in [2.75, 3.05) is 38.0 Å². The molecule has 2 aliphatic carbocycles. The lowest BCUT2D eigenvalue weighted by molar-refractivity contribution is -0.146. The standard InChI is InChI=1S/C55H67Cl2FN8O7/c1-63-43-29-33(16-21-41(43)66(53(63)73)42-22-23-45(67)61-49(42)68)11-6-3-2-4-9-26-64-27-28-65(44(32-64)51(70)71)31-34-14-18-36(19-15-34)59-50(69)48-46(37-12-10-13-39(57)47(37)58)55(54(62-48)24-7-5-8-25-54)38-20-17-35(56)30-40(38)60-52(55)72/h10,12-13,16-17,20-21,29-30,34,36,42,44,46,48,62H,2-9,11,14-15,18-19,22-28,31-32H2,1H3,(H,59,69)(H,60,72)(H,70,71)(H,61,67,68)/t34?,36?,42?,44-,46-,48+,55+/m0/s1. The molecule has 10 rings (SSSR count). The number of hydrogen-bond acceptors (Lipinski definition) is 9. The summed E-state index contributed by atoms with van der Waals surface area (Å²) in [6, 6.07) is 13.8. The molecule has 4 aliphatic heterocycles. The highest BCUT2D eigenvalue weighted by Gasteiger charge is 2.72. The number of imidazole rings is 1. The minimum absolute atomic E-state index is 0.0666. The second kappa shape index (κ2) is 21.2. The Morgan fingerprint density at radius 1 is 0.863 bits per heavy atom. The quantitative estimate of drug-likeness (QED) is 0.0596. The van der Waals surface area contributed by atoms with Gasteiger partial charge in [0, 0.05) is 67.9 Å². The van der Waals surface area contributed by atoms with Gasteiger partial charge in [0.25, 0.3) is 0 Å². The van der Waals surface area contributed by atoms with Crippen LogP contribution in [0.3, 0.4) is 0 Å². The van der Waals surface area contributed by atoms with Crippen LogP contribution in [0.25, 0.3) is 11.0 Å². The Bertz CT molecular complexity index is 2860. The molecule has 1 aromatic heterocycles. The van der Waals surface area contributed by atoms with Crippen LogP contribution in [-0.4, -0.2) is 110 Å². The van der Waals surface area contributed by atoms with Crippen LogP contribution in [0.1, 0.15) is 131 Å². The number of nitrogens with zero attached hydrogens (tertiary/aromatic N) is 4. The van der Waals surface area contributed by atoms with Crippen LogP contribution in [0.15, 0.2) is 59.4 Å². The normalized spacial score (nSPS) is 27.4. The monoisotopic (exact) mass is 1040 g/mol. The molecule has 15 nitrogen and oxygen atoms in total. The Morgan fingerprint density at radius 3 is 2.40 bits per heavy atom. The first-order valence-corrected chi connectivity index (χ1v) is 27.3. The predicted octanol–water partition coefficient (Wildman–Crippen LogP) is 7.35. The number of unbranched alkanes of at least 4 members (excludes halogenated alkanes) is 4. The van der Waals surface area contributed by atoms with Crippen LogP contribution in [0.4, 0.5) is 10.1 Å². The molecule has 5 fully saturated rings. The number of benzene rings is 3. The third-order valence-electron chi connectivity index (χ3n) is 17.5. The van der Waals surface area contributed by atoms with E-state index in [-0.39, 0.29) is 52.4 Å². The van der Waals surface area contributed by atoms with Gasteiger partial charge < -0.3 is 15.7 Å². The highest BCUT2D eigenvalue weighted by atomic mass is 35.5. The molecule has 0 radical (unpaired) electrons. The summed E-state index contributed by atoms with van der Waals surface area (Å²) in [7, 11) is 1.71. The van der Waals surface area contributed by atoms with Crippen LogP contribution >= 0.6 is 23.2 Å². The zero-order valence-electron chi connectivity index (χ0n) is 41.5. The minimum Gasteiger partial charge on any atom is -0.480 e. The number of piperidine rings is 1. The van der Waals surface area contributed by atoms with Crippen molar-refractivity contribution in [1.82, 2.24) is 34.9 Å². The van der Waals surface area contributed by atoms with Crippen LogP contribution in [-0.2, 0) is 42.9 Å². The van der Waals surface area contributed by atoms with E-state index in [4.69, 9.17) is 23.2 Å². The first-order chi connectivity index (χ1) is 35.2. The molecule has 73 heavy (non-hydrogen) atoms. The van der Waals surface area contributed by atoms with E-state index in [9.17, 15) is 33.9 Å². The van der Waals surface area contributed by atoms with Crippen LogP contribution < -0.4 is 27.0 Å². The fraction of sp³-hybridized carbons (Fsp3) is 0.564. The van der Waals surface area contributed by atoms with Gasteiger partial charge in [-0.15, -0.1) is 0 Å². The van der Waals surface area contributed by atoms with Crippen molar-refractivity contribution < 1.29 is 33.5 Å². The van der Waals surface area contributed by atoms with Crippen molar-refractivity contribution in [3.63, 3.8) is 0 Å². The molecule has 5 heterocycles. The van der Waals surface area contributed by atoms with E-state index in [0.29, 0.717) is 60.7 Å². The third-order valence-corrected chi connectivity index (χ3v) is 18.0. The van der Waals surface area contributed by atoms with Gasteiger partial charge in [-0.3, -0.25) is 53.5 Å². The number of rotatable bonds is 15. The lowest BCUT2D eigenvalue weighted by Crippen LogP contribution is -2.60. The maximum atomic E-state index is 16.4. The van der Waals surface area contributed by atoms with Gasteiger partial charge in [0.1, 0.15) is 23.3 Å². The summed E-state index contributed by atoms with van der Waals surface area (Å²) < 4.78 is 19.5. The average Bonchev–Trinajstić information content (AvgIpc) is 3.92. The molecule has 2 spiro atoms. The highest BCUT2D eigenvalue weighted by molar-refractivity contribution is 6.31. The molecule has 0 bridgehead atoms. The molecule has 1 unspecified atom stereocenters. The number of nitrogens with one attached hydrogen (secondary N) is 4. The number of imide groups is 1. The van der Waals surface area contributed by atoms with E-state index in [1.807, 2.05) is 24.3 Å². The Kier molecular flexibility index (Phi) is 14.9. The van der Waals surface area contributed by atoms with Crippen molar-refractivity contribution >= 4 is 69.5 Å². The van der Waals surface area contributed by atoms with Gasteiger partial charge in [-0.25, -0.2) is 9.18 Å². The van der Waals surface area contributed by atoms with E-state index < -0.39 is 52.7 Å². The molecule has 4 amide bonds. The number of carboxylic acids is 1. The van der Waals surface area contributed by atoms with Crippen molar-refractivity contribution in [3.8, 4) is 0 Å². The molecule has 5 N–H and O–H groups in total. The minimum atomic E-state index is -1.30. The second-order valence-electron chi connectivity index (χ2n) is 21.7. The number of carboxylic acid groups (broad SMARTS) is 1. The summed E-state index contributed by atoms with van der Waals surface area (Å²) in [6.45, 7) is 3.52. The number of piperazine rings is 1. The van der Waals surface area contributed by atoms with Gasteiger partial charge in [-0.1, -0.05) is 86.0 Å². The van der Waals surface area contributed by atoms with Crippen molar-refractivity contribution in [2.24, 2.45) is 13.0 Å². The predicted molar refractivity (Wildman–Crippen MR) is 277 cm³/mol. The summed E-state index contributed by atoms with van der Waals surface area (Å²) in [5.41, 5.74) is 1.72. The Labute approximate surface area is 434 Å². The highest BCUT2D eigenvalue weighted by Crippen LogP contribution is 2.63. The molecule has 5 atom stereocenters. The molecule has 3 aromatic carbocycles. The zero-order chi connectivity index (χ0) is 51.2. The SMILES string of the molecule is Cn1c(=O)n(C2CCC(=O)NC2=O)c2ccc(CCCCCCCN3CCN(CC4CCC(NC(=O)[C@@H]5NC6(CCCCC6)[C@@]6(C(=O)Nc7cc(Cl)ccc76)[C@H]5c5cccc(Cl)c5F)CC4)[C@H](C(=O)O)C3)cc21. The van der Waals surface area contributed by atoms with Gasteiger partial charge in [0.2, 0.25) is 23.6 Å². The van der Waals surface area contributed by atoms with E-state index in [1.54, 1.807) is 35.9 Å². The number of anilines is 1. The van der Waals surface area contributed by atoms with Crippen LogP contribution in [0.5, 0.6) is 0 Å². The molecule has 2 saturated carbocycles. The van der Waals surface area contributed by atoms with Gasteiger partial charge in [-0.05, 0) is 124 Å². The number of hydrogen-bond donors (Lipinski definition) is 5. The third kappa shape index (κ3) is 9.64. The largest absolute Gasteiger partial charge is 0.480 e. The van der Waals surface area contributed by atoms with E-state index in [0.717, 1.165) is 108 Å². The number of aliphatic carboxylic acids is 1. The maximum Gasteiger partial charge on any atom is 0.329 e. The number of amides is 4. The fourth-order valence-electron chi connectivity index (χ4n) is 13.9. The Hall–Kier alpha value is -5.13. The molecule has 390 valence electrons. The zero-order valence-corrected chi connectivity index (χ0v) is 43.0. The first kappa shape index (κ1) is 51.4. The molecule has 3 saturated heterocycles. The number of halogens is 3. The lowest BCUT2D eigenvalue weighted by atomic mass is 9.55. The summed E-state index contributed by atoms with van der Waals surface area (Å²) in [4.78, 5) is 84.0. The van der Waals surface area contributed by atoms with Crippen LogP contribution in [0.2, 0.25) is 10.0 Å². The number of aryl methyl sites for hydroxylation is 2. The number of carbonyl (C=O) groups excluding carboxylic acids is 4. The second-order valence-corrected chi connectivity index (χ2v) is 22.6. The Balaban J connectivity index is 0.699. The summed E-state index contributed by atoms with van der Waals surface area (Å²) in [5, 5.41) is 23.3. The number of aromatic nitrogens is 2. The smallest absolute Gasteiger partial charge is 0.329 e. The van der Waals surface area contributed by atoms with Crippen LogP contribution in [0, 0.1) is 11.7 Å². The van der Waals surface area contributed by atoms with Crippen molar-refractivity contribution in [2.45, 2.75) is 150 Å². The van der Waals surface area contributed by atoms with Crippen molar-refractivity contribution in [3.05, 3.63) is 97.6 Å². The molecular formula is C55H67Cl2FN8O7. The fourth-order valence-corrected chi connectivity index (χ4v) is 14.2. The van der Waals surface area contributed by atoms with Gasteiger partial charge in [0.05, 0.1) is 22.1 Å². The molecular weight excluding hydrogens is 975 g/mol. The molecule has 18 heteroatoms. The summed E-state index contributed by atoms with van der Waals surface area (Å²) in [5.74, 6) is -3.34. The molecule has 6 aliphatic rings. The van der Waals surface area contributed by atoms with Gasteiger partial charge >= 0.3 is 11.7 Å². The topological polar surface area (TPSA) is 187 Å². The van der Waals surface area contributed by atoms with Gasteiger partial charge in [0.15, 0.2) is 0 Å². The number of carbonyl (C=O) groups is 5. The number of fused-ring (bicyclic) bond motifs is 4. The summed E-state index contributed by atoms with van der Waals surface area (Å²) >= 11 is 12.9. The van der Waals surface area contributed by atoms with E-state index in [1.165, 1.54) is 10.6 Å². The van der Waals surface area contributed by atoms with Crippen molar-refractivity contribution in [1.29, 1.82) is 0 Å². The lowest BCUT2D eigenvalue weighted by Gasteiger charge is -2.47. The molecule has 4 aromatic rings. The average molecular weight is 1040 g/mol. The van der Waals surface area contributed by atoms with E-state index in [2.05, 4.69) is 31.1 Å². The maximum absolute atomic E-state index is 16.4. The van der Waals surface area contributed by atoms with Gasteiger partial charge in [-0.2, -0.15) is 0 Å². The summed E-state index contributed by atoms with van der Waals surface area (Å²) in [6.07, 6.45) is 13.7.